The summed E-state index contributed by atoms with van der Waals surface area (Å²) in [6.45, 7) is 2.06. The van der Waals surface area contributed by atoms with E-state index in [2.05, 4.69) is 15.4 Å². The predicted molar refractivity (Wildman–Crippen MR) is 65.0 cm³/mol. The number of tetrazole rings is 1. The van der Waals surface area contributed by atoms with Gasteiger partial charge in [0, 0.05) is 0 Å². The molecule has 6 heteroatoms. The van der Waals surface area contributed by atoms with Crippen molar-refractivity contribution >= 4 is 0 Å². The van der Waals surface area contributed by atoms with Gasteiger partial charge in [-0.15, -0.1) is 10.2 Å². The van der Waals surface area contributed by atoms with Crippen LogP contribution in [0.1, 0.15) is 18.3 Å². The summed E-state index contributed by atoms with van der Waals surface area (Å²) in [5.74, 6) is 1.29. The summed E-state index contributed by atoms with van der Waals surface area (Å²) in [5, 5.41) is 20.8. The maximum Gasteiger partial charge on any atom is 0.212 e. The molecular formula is C12H16N4O2. The summed E-state index contributed by atoms with van der Waals surface area (Å²) in [5.41, 5.74) is 1.08. The second-order valence-corrected chi connectivity index (χ2v) is 4.18. The molecule has 6 nitrogen and oxygen atoms in total. The molecule has 1 N–H and O–H groups in total. The van der Waals surface area contributed by atoms with Crippen molar-refractivity contribution in [1.82, 2.24) is 20.2 Å². The predicted octanol–water partition coefficient (Wildman–Crippen LogP) is 0.712. The number of benzene rings is 1. The number of aromatic nitrogens is 4. The van der Waals surface area contributed by atoms with Crippen LogP contribution in [0.25, 0.3) is 0 Å². The molecule has 1 unspecified atom stereocenters. The molecule has 18 heavy (non-hydrogen) atoms. The van der Waals surface area contributed by atoms with Gasteiger partial charge in [-0.05, 0) is 36.3 Å². The zero-order chi connectivity index (χ0) is 13.0. The van der Waals surface area contributed by atoms with Gasteiger partial charge >= 0.3 is 0 Å². The number of ether oxygens (including phenoxy) is 1. The highest BCUT2D eigenvalue weighted by Crippen LogP contribution is 2.14. The molecule has 0 amide bonds. The monoisotopic (exact) mass is 248 g/mol. The quantitative estimate of drug-likeness (QED) is 0.843. The van der Waals surface area contributed by atoms with E-state index in [4.69, 9.17) is 4.74 Å². The first-order valence-electron chi connectivity index (χ1n) is 5.76. The Hall–Kier alpha value is -1.95. The van der Waals surface area contributed by atoms with Crippen molar-refractivity contribution in [3.05, 3.63) is 35.7 Å². The lowest BCUT2D eigenvalue weighted by atomic mass is 10.1. The van der Waals surface area contributed by atoms with Gasteiger partial charge in [-0.1, -0.05) is 12.1 Å². The van der Waals surface area contributed by atoms with Crippen LogP contribution in [0.5, 0.6) is 5.75 Å². The van der Waals surface area contributed by atoms with Gasteiger partial charge in [0.1, 0.15) is 5.75 Å². The van der Waals surface area contributed by atoms with Crippen molar-refractivity contribution in [2.75, 3.05) is 0 Å². The molecule has 0 saturated heterocycles. The molecule has 1 aromatic heterocycles. The van der Waals surface area contributed by atoms with Gasteiger partial charge in [-0.3, -0.25) is 0 Å². The first-order valence-corrected chi connectivity index (χ1v) is 5.76. The largest absolute Gasteiger partial charge is 0.485 e. The average molecular weight is 248 g/mol. The van der Waals surface area contributed by atoms with Crippen molar-refractivity contribution in [2.45, 2.75) is 26.1 Å². The number of nitrogens with zero attached hydrogens (tertiary/aromatic N) is 4. The SMILES string of the molecule is CC(O)Cc1ccc(OCc2nnn(C)n2)cc1. The van der Waals surface area contributed by atoms with E-state index in [1.165, 1.54) is 4.80 Å². The summed E-state index contributed by atoms with van der Waals surface area (Å²) in [6.07, 6.45) is 0.312. The molecule has 0 bridgehead atoms. The maximum absolute atomic E-state index is 9.27. The van der Waals surface area contributed by atoms with Gasteiger partial charge in [-0.25, -0.2) is 0 Å². The normalized spacial score (nSPS) is 12.4. The summed E-state index contributed by atoms with van der Waals surface area (Å²) in [7, 11) is 1.71. The van der Waals surface area contributed by atoms with E-state index < -0.39 is 0 Å². The summed E-state index contributed by atoms with van der Waals surface area (Å²) in [4.78, 5) is 1.39. The second kappa shape index (κ2) is 5.59. The molecule has 1 atom stereocenters. The lowest BCUT2D eigenvalue weighted by Gasteiger charge is -2.06. The Balaban J connectivity index is 1.90. The van der Waals surface area contributed by atoms with Gasteiger partial charge < -0.3 is 9.84 Å². The van der Waals surface area contributed by atoms with E-state index in [0.29, 0.717) is 18.9 Å². The van der Waals surface area contributed by atoms with Crippen LogP contribution < -0.4 is 4.74 Å². The van der Waals surface area contributed by atoms with Gasteiger partial charge in [0.05, 0.1) is 13.2 Å². The van der Waals surface area contributed by atoms with Crippen molar-refractivity contribution in [3.8, 4) is 5.75 Å². The Kier molecular flexibility index (Phi) is 3.88. The fourth-order valence-electron chi connectivity index (χ4n) is 1.59. The minimum Gasteiger partial charge on any atom is -0.485 e. The summed E-state index contributed by atoms with van der Waals surface area (Å²) in [6, 6.07) is 7.61. The fourth-order valence-corrected chi connectivity index (χ4v) is 1.59. The lowest BCUT2D eigenvalue weighted by Crippen LogP contribution is -2.04. The van der Waals surface area contributed by atoms with E-state index in [1.54, 1.807) is 14.0 Å². The Morgan fingerprint density at radius 1 is 1.33 bits per heavy atom. The van der Waals surface area contributed by atoms with E-state index in [0.717, 1.165) is 11.3 Å². The molecule has 2 aromatic rings. The van der Waals surface area contributed by atoms with E-state index in [9.17, 15) is 5.11 Å². The Morgan fingerprint density at radius 3 is 2.61 bits per heavy atom. The number of rotatable bonds is 5. The van der Waals surface area contributed by atoms with Gasteiger partial charge in [0.25, 0.3) is 0 Å². The molecule has 0 aliphatic heterocycles. The topological polar surface area (TPSA) is 73.1 Å². The Morgan fingerprint density at radius 2 is 2.06 bits per heavy atom. The third-order valence-corrected chi connectivity index (χ3v) is 2.37. The van der Waals surface area contributed by atoms with E-state index in [1.807, 2.05) is 24.3 Å². The molecule has 0 aliphatic carbocycles. The summed E-state index contributed by atoms with van der Waals surface area (Å²) < 4.78 is 5.52. The van der Waals surface area contributed by atoms with Crippen molar-refractivity contribution in [2.24, 2.45) is 7.05 Å². The van der Waals surface area contributed by atoms with Gasteiger partial charge in [0.2, 0.25) is 5.82 Å². The molecule has 0 spiro atoms. The lowest BCUT2D eigenvalue weighted by molar-refractivity contribution is 0.195. The zero-order valence-corrected chi connectivity index (χ0v) is 10.4. The van der Waals surface area contributed by atoms with Crippen molar-refractivity contribution in [3.63, 3.8) is 0 Å². The molecule has 96 valence electrons. The minimum atomic E-state index is -0.333. The van der Waals surface area contributed by atoms with Gasteiger partial charge in [0.15, 0.2) is 6.61 Å². The van der Waals surface area contributed by atoms with Crippen LogP contribution >= 0.6 is 0 Å². The van der Waals surface area contributed by atoms with Crippen LogP contribution in [0.3, 0.4) is 0 Å². The summed E-state index contributed by atoms with van der Waals surface area (Å²) >= 11 is 0. The van der Waals surface area contributed by atoms with Crippen LogP contribution in [0.15, 0.2) is 24.3 Å². The molecule has 0 fully saturated rings. The first-order chi connectivity index (χ1) is 8.63. The molecule has 1 heterocycles. The number of hydrogen-bond donors (Lipinski definition) is 1. The Labute approximate surface area is 105 Å². The average Bonchev–Trinajstić information content (AvgIpc) is 2.74. The molecule has 0 radical (unpaired) electrons. The Bertz CT molecular complexity index is 493. The van der Waals surface area contributed by atoms with Crippen LogP contribution in [-0.4, -0.2) is 31.4 Å². The first kappa shape index (κ1) is 12.5. The second-order valence-electron chi connectivity index (χ2n) is 4.18. The highest BCUT2D eigenvalue weighted by molar-refractivity contribution is 5.27. The fraction of sp³-hybridized carbons (Fsp3) is 0.417. The van der Waals surface area contributed by atoms with E-state index >= 15 is 0 Å². The minimum absolute atomic E-state index is 0.295. The van der Waals surface area contributed by atoms with Crippen LogP contribution in [0.2, 0.25) is 0 Å². The van der Waals surface area contributed by atoms with Crippen molar-refractivity contribution in [1.29, 1.82) is 0 Å². The molecule has 0 aliphatic rings. The van der Waals surface area contributed by atoms with E-state index in [-0.39, 0.29) is 6.10 Å². The standard InChI is InChI=1S/C12H16N4O2/c1-9(17)7-10-3-5-11(6-4-10)18-8-12-13-15-16(2)14-12/h3-6,9,17H,7-8H2,1-2H3. The zero-order valence-electron chi connectivity index (χ0n) is 10.4. The molecule has 1 aromatic carbocycles. The number of aliphatic hydroxyl groups excluding tert-OH is 1. The maximum atomic E-state index is 9.27. The number of hydrogen-bond acceptors (Lipinski definition) is 5. The molecular weight excluding hydrogens is 232 g/mol. The van der Waals surface area contributed by atoms with Crippen LogP contribution in [0.4, 0.5) is 0 Å². The van der Waals surface area contributed by atoms with Crippen LogP contribution in [-0.2, 0) is 20.1 Å². The molecule has 2 rings (SSSR count). The molecule has 0 saturated carbocycles. The smallest absolute Gasteiger partial charge is 0.212 e. The highest BCUT2D eigenvalue weighted by atomic mass is 16.5. The number of aryl methyl sites for hydroxylation is 1. The third-order valence-electron chi connectivity index (χ3n) is 2.37. The highest BCUT2D eigenvalue weighted by Gasteiger charge is 2.03. The van der Waals surface area contributed by atoms with Crippen molar-refractivity contribution < 1.29 is 9.84 Å². The van der Waals surface area contributed by atoms with Gasteiger partial charge in [-0.2, -0.15) is 4.80 Å². The number of aliphatic hydroxyl groups is 1. The third kappa shape index (κ3) is 3.53. The van der Waals surface area contributed by atoms with Crippen LogP contribution in [0, 0.1) is 0 Å².